The first-order valence-corrected chi connectivity index (χ1v) is 7.75. The summed E-state index contributed by atoms with van der Waals surface area (Å²) in [5.41, 5.74) is 5.74. The third kappa shape index (κ3) is 4.11. The van der Waals surface area contributed by atoms with Crippen LogP contribution >= 0.6 is 0 Å². The van der Waals surface area contributed by atoms with Crippen LogP contribution in [0.25, 0.3) is 0 Å². The maximum absolute atomic E-state index is 11.3. The number of rotatable bonds is 6. The van der Waals surface area contributed by atoms with Gasteiger partial charge >= 0.3 is 0 Å². The number of nitrogens with two attached hydrogens (primary N) is 2. The van der Waals surface area contributed by atoms with Gasteiger partial charge in [0.25, 0.3) is 0 Å². The number of para-hydroxylation sites is 2. The van der Waals surface area contributed by atoms with Crippen molar-refractivity contribution in [3.8, 4) is 11.5 Å². The molecule has 0 aliphatic heterocycles. The lowest BCUT2D eigenvalue weighted by atomic mass is 10.3. The second-order valence-electron chi connectivity index (χ2n) is 4.22. The fraction of sp³-hybridized carbons (Fsp3) is 0.143. The van der Waals surface area contributed by atoms with Gasteiger partial charge in [0, 0.05) is 0 Å². The van der Waals surface area contributed by atoms with E-state index < -0.39 is 10.0 Å². The molecule has 0 heterocycles. The predicted octanol–water partition coefficient (Wildman–Crippen LogP) is 1.37. The first kappa shape index (κ1) is 15.1. The summed E-state index contributed by atoms with van der Waals surface area (Å²) in [6.07, 6.45) is 0. The van der Waals surface area contributed by atoms with Crippen molar-refractivity contribution in [1.29, 1.82) is 0 Å². The molecule has 0 fully saturated rings. The van der Waals surface area contributed by atoms with Crippen molar-refractivity contribution in [2.45, 2.75) is 4.90 Å². The van der Waals surface area contributed by atoms with Crippen LogP contribution < -0.4 is 20.3 Å². The van der Waals surface area contributed by atoms with Crippen LogP contribution in [0.5, 0.6) is 11.5 Å². The molecule has 2 aromatic rings. The van der Waals surface area contributed by atoms with Crippen LogP contribution in [-0.2, 0) is 10.0 Å². The summed E-state index contributed by atoms with van der Waals surface area (Å²) in [7, 11) is -3.87. The minimum absolute atomic E-state index is 0.000267. The quantitative estimate of drug-likeness (QED) is 0.619. The van der Waals surface area contributed by atoms with Gasteiger partial charge in [-0.05, 0) is 24.3 Å². The van der Waals surface area contributed by atoms with Gasteiger partial charge < -0.3 is 15.2 Å². The number of nitrogen functional groups attached to an aromatic ring is 1. The first-order valence-electron chi connectivity index (χ1n) is 6.20. The molecule has 0 aliphatic carbocycles. The van der Waals surface area contributed by atoms with Gasteiger partial charge in [-0.25, -0.2) is 13.6 Å². The third-order valence-electron chi connectivity index (χ3n) is 2.69. The standard InChI is InChI=1S/C14H16N2O4S/c15-14-12(7-4-8-13(14)21(16,17)18)20-10-9-19-11-5-2-1-3-6-11/h1-8H,9-10,15H2,(H2,16,17,18). The minimum Gasteiger partial charge on any atom is -0.490 e. The number of sulfonamides is 1. The Bertz CT molecular complexity index is 702. The van der Waals surface area contributed by atoms with Gasteiger partial charge in [-0.1, -0.05) is 24.3 Å². The van der Waals surface area contributed by atoms with Gasteiger partial charge in [0.05, 0.1) is 5.69 Å². The van der Waals surface area contributed by atoms with Crippen molar-refractivity contribution in [3.63, 3.8) is 0 Å². The van der Waals surface area contributed by atoms with E-state index in [2.05, 4.69) is 0 Å². The highest BCUT2D eigenvalue weighted by Crippen LogP contribution is 2.27. The average Bonchev–Trinajstić information content (AvgIpc) is 2.45. The van der Waals surface area contributed by atoms with Gasteiger partial charge in [-0.2, -0.15) is 0 Å². The van der Waals surface area contributed by atoms with E-state index >= 15 is 0 Å². The van der Waals surface area contributed by atoms with E-state index in [1.165, 1.54) is 12.1 Å². The van der Waals surface area contributed by atoms with E-state index in [1.54, 1.807) is 6.07 Å². The van der Waals surface area contributed by atoms with Crippen molar-refractivity contribution >= 4 is 15.7 Å². The SMILES string of the molecule is Nc1c(OCCOc2ccccc2)cccc1S(N)(=O)=O. The number of ether oxygens (including phenoxy) is 2. The van der Waals surface area contributed by atoms with Crippen LogP contribution in [0.2, 0.25) is 0 Å². The second-order valence-corrected chi connectivity index (χ2v) is 5.75. The van der Waals surface area contributed by atoms with Gasteiger partial charge in [0.15, 0.2) is 0 Å². The minimum atomic E-state index is -3.87. The Balaban J connectivity index is 1.95. The van der Waals surface area contributed by atoms with E-state index in [0.29, 0.717) is 6.61 Å². The summed E-state index contributed by atoms with van der Waals surface area (Å²) in [5.74, 6) is 0.991. The molecule has 0 unspecified atom stereocenters. The number of primary sulfonamides is 1. The molecule has 4 N–H and O–H groups in total. The summed E-state index contributed by atoms with van der Waals surface area (Å²) in [4.78, 5) is -0.149. The van der Waals surface area contributed by atoms with Crippen molar-refractivity contribution in [2.24, 2.45) is 5.14 Å². The van der Waals surface area contributed by atoms with Crippen LogP contribution in [0.3, 0.4) is 0 Å². The molecule has 6 nitrogen and oxygen atoms in total. The van der Waals surface area contributed by atoms with Gasteiger partial charge in [0.1, 0.15) is 29.6 Å². The molecule has 0 amide bonds. The van der Waals surface area contributed by atoms with Gasteiger partial charge in [-0.3, -0.25) is 0 Å². The molecule has 112 valence electrons. The predicted molar refractivity (Wildman–Crippen MR) is 79.7 cm³/mol. The molecule has 0 spiro atoms. The monoisotopic (exact) mass is 308 g/mol. The molecular formula is C14H16N2O4S. The fourth-order valence-corrected chi connectivity index (χ4v) is 2.40. The summed E-state index contributed by atoms with van der Waals surface area (Å²) in [6, 6.07) is 13.7. The van der Waals surface area contributed by atoms with Gasteiger partial charge in [-0.15, -0.1) is 0 Å². The molecule has 0 radical (unpaired) electrons. The average molecular weight is 308 g/mol. The zero-order valence-corrected chi connectivity index (χ0v) is 12.0. The van der Waals surface area contributed by atoms with E-state index in [-0.39, 0.29) is 22.9 Å². The van der Waals surface area contributed by atoms with E-state index in [1.807, 2.05) is 30.3 Å². The molecule has 2 rings (SSSR count). The molecule has 0 bridgehead atoms. The molecule has 2 aromatic carbocycles. The molecule has 21 heavy (non-hydrogen) atoms. The molecule has 0 saturated carbocycles. The number of hydrogen-bond donors (Lipinski definition) is 2. The largest absolute Gasteiger partial charge is 0.490 e. The number of benzene rings is 2. The summed E-state index contributed by atoms with van der Waals surface area (Å²) in [6.45, 7) is 0.538. The van der Waals surface area contributed by atoms with Crippen LogP contribution in [0.1, 0.15) is 0 Å². The normalized spacial score (nSPS) is 11.1. The Labute approximate surface area is 123 Å². The lowest BCUT2D eigenvalue weighted by molar-refractivity contribution is 0.217. The summed E-state index contributed by atoms with van der Waals surface area (Å²) in [5, 5.41) is 5.07. The molecule has 7 heteroatoms. The summed E-state index contributed by atoms with van der Waals surface area (Å²) < 4.78 is 33.6. The van der Waals surface area contributed by atoms with Crippen LogP contribution in [0.4, 0.5) is 5.69 Å². The van der Waals surface area contributed by atoms with E-state index in [0.717, 1.165) is 5.75 Å². The molecule has 0 atom stereocenters. The zero-order valence-electron chi connectivity index (χ0n) is 11.2. The Hall–Kier alpha value is -2.25. The number of anilines is 1. The maximum atomic E-state index is 11.3. The van der Waals surface area contributed by atoms with Crippen LogP contribution in [-0.4, -0.2) is 21.6 Å². The first-order chi connectivity index (χ1) is 9.98. The highest BCUT2D eigenvalue weighted by molar-refractivity contribution is 7.89. The van der Waals surface area contributed by atoms with Crippen LogP contribution in [0, 0.1) is 0 Å². The molecule has 0 saturated heterocycles. The molecule has 0 aromatic heterocycles. The van der Waals surface area contributed by atoms with Crippen LogP contribution in [0.15, 0.2) is 53.4 Å². The topological polar surface area (TPSA) is 105 Å². The fourth-order valence-electron chi connectivity index (χ4n) is 1.73. The van der Waals surface area contributed by atoms with Crippen molar-refractivity contribution in [2.75, 3.05) is 18.9 Å². The third-order valence-corrected chi connectivity index (χ3v) is 3.65. The molecule has 0 aliphatic rings. The van der Waals surface area contributed by atoms with E-state index in [9.17, 15) is 8.42 Å². The maximum Gasteiger partial charge on any atom is 0.240 e. The Kier molecular flexibility index (Phi) is 4.66. The number of hydrogen-bond acceptors (Lipinski definition) is 5. The van der Waals surface area contributed by atoms with Crippen molar-refractivity contribution < 1.29 is 17.9 Å². The van der Waals surface area contributed by atoms with Crippen molar-refractivity contribution in [3.05, 3.63) is 48.5 Å². The smallest absolute Gasteiger partial charge is 0.240 e. The van der Waals surface area contributed by atoms with Crippen molar-refractivity contribution in [1.82, 2.24) is 0 Å². The zero-order chi connectivity index (χ0) is 15.3. The summed E-state index contributed by atoms with van der Waals surface area (Å²) >= 11 is 0. The van der Waals surface area contributed by atoms with Gasteiger partial charge in [0.2, 0.25) is 10.0 Å². The Morgan fingerprint density at radius 2 is 1.57 bits per heavy atom. The Morgan fingerprint density at radius 1 is 0.905 bits per heavy atom. The molecular weight excluding hydrogens is 292 g/mol. The highest BCUT2D eigenvalue weighted by Gasteiger charge is 2.15. The Morgan fingerprint density at radius 3 is 2.24 bits per heavy atom. The van der Waals surface area contributed by atoms with E-state index in [4.69, 9.17) is 20.3 Å². The highest BCUT2D eigenvalue weighted by atomic mass is 32.2. The lowest BCUT2D eigenvalue weighted by Crippen LogP contribution is -2.16. The lowest BCUT2D eigenvalue weighted by Gasteiger charge is -2.12. The second kappa shape index (κ2) is 6.47.